The summed E-state index contributed by atoms with van der Waals surface area (Å²) in [6, 6.07) is 4.29. The maximum Gasteiger partial charge on any atom is 0.265 e. The molecule has 0 unspecified atom stereocenters. The van der Waals surface area contributed by atoms with Gasteiger partial charge in [-0.3, -0.25) is 14.2 Å². The highest BCUT2D eigenvalue weighted by atomic mass is 79.9. The number of carbonyl (C=O) groups excluding carboxylic acids is 1. The molecule has 1 N–H and O–H groups in total. The van der Waals surface area contributed by atoms with Gasteiger partial charge in [-0.1, -0.05) is 29.8 Å². The second-order valence-electron chi connectivity index (χ2n) is 6.39. The molecule has 0 bridgehead atoms. The Morgan fingerprint density at radius 3 is 2.81 bits per heavy atom. The molecule has 0 saturated heterocycles. The summed E-state index contributed by atoms with van der Waals surface area (Å²) in [5, 5.41) is 2.59. The van der Waals surface area contributed by atoms with Crippen LogP contribution in [0.15, 0.2) is 38.2 Å². The van der Waals surface area contributed by atoms with Gasteiger partial charge in [0.1, 0.15) is 23.3 Å². The molecule has 3 aromatic rings. The summed E-state index contributed by atoms with van der Waals surface area (Å²) < 4.78 is 21.5. The van der Waals surface area contributed by atoms with Crippen molar-refractivity contribution in [1.82, 2.24) is 9.55 Å². The van der Waals surface area contributed by atoms with Crippen LogP contribution in [-0.2, 0) is 6.54 Å². The molecule has 0 aliphatic heterocycles. The Balaban J connectivity index is 2.07. The van der Waals surface area contributed by atoms with Crippen molar-refractivity contribution in [2.24, 2.45) is 5.92 Å². The van der Waals surface area contributed by atoms with Gasteiger partial charge in [-0.05, 0) is 31.0 Å². The molecule has 0 aliphatic rings. The summed E-state index contributed by atoms with van der Waals surface area (Å²) in [5.74, 6) is -0.729. The van der Waals surface area contributed by atoms with E-state index in [4.69, 9.17) is 4.42 Å². The number of furan rings is 1. The molecular formula is C18H17BrFN3O3. The Hall–Kier alpha value is -2.48. The fourth-order valence-corrected chi connectivity index (χ4v) is 3.04. The molecule has 8 heteroatoms. The largest absolute Gasteiger partial charge is 0.442 e. The lowest BCUT2D eigenvalue weighted by molar-refractivity contribution is 0.102. The summed E-state index contributed by atoms with van der Waals surface area (Å²) in [6.45, 7) is 5.98. The standard InChI is InChI=1S/C18H17BrFN3O3/c1-9(2)7-23-8-21-17-15(18(23)25)14(10(3)26-17)16(24)22-13-5-4-11(19)6-12(13)20/h4-6,8-9H,7H2,1-3H3,(H,22,24). The Morgan fingerprint density at radius 2 is 2.15 bits per heavy atom. The number of nitrogens with one attached hydrogen (secondary N) is 1. The maximum absolute atomic E-state index is 14.0. The number of halogens is 2. The summed E-state index contributed by atoms with van der Waals surface area (Å²) in [7, 11) is 0. The van der Waals surface area contributed by atoms with E-state index in [1.54, 1.807) is 13.0 Å². The lowest BCUT2D eigenvalue weighted by Crippen LogP contribution is -2.24. The number of fused-ring (bicyclic) bond motifs is 1. The second-order valence-corrected chi connectivity index (χ2v) is 7.30. The third-order valence-electron chi connectivity index (χ3n) is 3.82. The molecule has 6 nitrogen and oxygen atoms in total. The number of hydrogen-bond donors (Lipinski definition) is 1. The van der Waals surface area contributed by atoms with Gasteiger partial charge in [0.25, 0.3) is 11.5 Å². The molecule has 0 saturated carbocycles. The lowest BCUT2D eigenvalue weighted by atomic mass is 10.1. The summed E-state index contributed by atoms with van der Waals surface area (Å²) in [5.41, 5.74) is -0.188. The Bertz CT molecular complexity index is 1060. The van der Waals surface area contributed by atoms with Gasteiger partial charge in [0.05, 0.1) is 11.3 Å². The molecule has 2 aromatic heterocycles. The van der Waals surface area contributed by atoms with E-state index in [-0.39, 0.29) is 39.6 Å². The molecule has 0 aliphatic carbocycles. The molecule has 0 atom stereocenters. The van der Waals surface area contributed by atoms with E-state index in [1.807, 2.05) is 13.8 Å². The van der Waals surface area contributed by atoms with Gasteiger partial charge in [-0.25, -0.2) is 9.37 Å². The van der Waals surface area contributed by atoms with E-state index in [9.17, 15) is 14.0 Å². The van der Waals surface area contributed by atoms with Crippen molar-refractivity contribution in [1.29, 1.82) is 0 Å². The van der Waals surface area contributed by atoms with Crippen LogP contribution in [0.1, 0.15) is 30.0 Å². The van der Waals surface area contributed by atoms with Gasteiger partial charge in [0.15, 0.2) is 0 Å². The third-order valence-corrected chi connectivity index (χ3v) is 4.32. The number of amides is 1. The van der Waals surface area contributed by atoms with Crippen molar-refractivity contribution < 1.29 is 13.6 Å². The van der Waals surface area contributed by atoms with E-state index in [0.29, 0.717) is 11.0 Å². The van der Waals surface area contributed by atoms with Gasteiger partial charge in [0, 0.05) is 11.0 Å². The quantitative estimate of drug-likeness (QED) is 0.687. The predicted molar refractivity (Wildman–Crippen MR) is 99.9 cm³/mol. The van der Waals surface area contributed by atoms with Crippen LogP contribution < -0.4 is 10.9 Å². The third kappa shape index (κ3) is 3.41. The first kappa shape index (κ1) is 18.3. The Labute approximate surface area is 157 Å². The van der Waals surface area contributed by atoms with Crippen LogP contribution in [0.25, 0.3) is 11.1 Å². The van der Waals surface area contributed by atoms with Crippen LogP contribution in [0.4, 0.5) is 10.1 Å². The van der Waals surface area contributed by atoms with Crippen molar-refractivity contribution >= 4 is 38.6 Å². The van der Waals surface area contributed by atoms with Crippen molar-refractivity contribution in [3.63, 3.8) is 0 Å². The van der Waals surface area contributed by atoms with Crippen molar-refractivity contribution in [3.8, 4) is 0 Å². The molecule has 1 amide bonds. The van der Waals surface area contributed by atoms with Gasteiger partial charge < -0.3 is 9.73 Å². The molecule has 1 aromatic carbocycles. The summed E-state index contributed by atoms with van der Waals surface area (Å²) in [4.78, 5) is 29.6. The monoisotopic (exact) mass is 421 g/mol. The second kappa shape index (κ2) is 7.03. The highest BCUT2D eigenvalue weighted by Gasteiger charge is 2.23. The number of hydrogen-bond acceptors (Lipinski definition) is 4. The van der Waals surface area contributed by atoms with Crippen LogP contribution in [0.2, 0.25) is 0 Å². The number of benzene rings is 1. The van der Waals surface area contributed by atoms with Crippen LogP contribution >= 0.6 is 15.9 Å². The highest BCUT2D eigenvalue weighted by molar-refractivity contribution is 9.10. The fourth-order valence-electron chi connectivity index (χ4n) is 2.71. The van der Waals surface area contributed by atoms with E-state index >= 15 is 0 Å². The van der Waals surface area contributed by atoms with E-state index in [1.165, 1.54) is 23.0 Å². The zero-order chi connectivity index (χ0) is 19.0. The summed E-state index contributed by atoms with van der Waals surface area (Å²) in [6.07, 6.45) is 1.41. The number of carbonyl (C=O) groups is 1. The maximum atomic E-state index is 14.0. The average molecular weight is 422 g/mol. The van der Waals surface area contributed by atoms with Gasteiger partial charge in [0.2, 0.25) is 5.71 Å². The molecule has 2 heterocycles. The van der Waals surface area contributed by atoms with Gasteiger partial charge >= 0.3 is 0 Å². The zero-order valence-electron chi connectivity index (χ0n) is 14.5. The van der Waals surface area contributed by atoms with Gasteiger partial charge in [-0.2, -0.15) is 0 Å². The molecule has 0 radical (unpaired) electrons. The van der Waals surface area contributed by atoms with Gasteiger partial charge in [-0.15, -0.1) is 0 Å². The number of aryl methyl sites for hydroxylation is 1. The first-order valence-electron chi connectivity index (χ1n) is 8.03. The smallest absolute Gasteiger partial charge is 0.265 e. The topological polar surface area (TPSA) is 77.1 Å². The predicted octanol–water partition coefficient (Wildman–Crippen LogP) is 4.11. The first-order valence-corrected chi connectivity index (χ1v) is 8.82. The molecular weight excluding hydrogens is 405 g/mol. The Kier molecular flexibility index (Phi) is 4.95. The molecule has 26 heavy (non-hydrogen) atoms. The Morgan fingerprint density at radius 1 is 1.42 bits per heavy atom. The average Bonchev–Trinajstić information content (AvgIpc) is 2.89. The molecule has 3 rings (SSSR count). The minimum absolute atomic E-state index is 0.0124. The lowest BCUT2D eigenvalue weighted by Gasteiger charge is -2.08. The van der Waals surface area contributed by atoms with Crippen molar-refractivity contribution in [2.45, 2.75) is 27.3 Å². The van der Waals surface area contributed by atoms with E-state index in [2.05, 4.69) is 26.2 Å². The van der Waals surface area contributed by atoms with Crippen LogP contribution in [0.5, 0.6) is 0 Å². The first-order chi connectivity index (χ1) is 12.3. The van der Waals surface area contributed by atoms with Crippen molar-refractivity contribution in [3.05, 3.63) is 56.5 Å². The minimum atomic E-state index is -0.622. The fraction of sp³-hybridized carbons (Fsp3) is 0.278. The minimum Gasteiger partial charge on any atom is -0.442 e. The SMILES string of the molecule is Cc1oc2ncn(CC(C)C)c(=O)c2c1C(=O)Nc1ccc(Br)cc1F. The number of anilines is 1. The van der Waals surface area contributed by atoms with E-state index < -0.39 is 11.7 Å². The number of nitrogens with zero attached hydrogens (tertiary/aromatic N) is 2. The van der Waals surface area contributed by atoms with E-state index in [0.717, 1.165) is 0 Å². The van der Waals surface area contributed by atoms with Crippen LogP contribution in [-0.4, -0.2) is 15.5 Å². The zero-order valence-corrected chi connectivity index (χ0v) is 16.1. The van der Waals surface area contributed by atoms with Crippen molar-refractivity contribution in [2.75, 3.05) is 5.32 Å². The molecule has 0 fully saturated rings. The van der Waals surface area contributed by atoms with Crippen LogP contribution in [0.3, 0.4) is 0 Å². The normalized spacial score (nSPS) is 11.3. The number of aromatic nitrogens is 2. The van der Waals surface area contributed by atoms with Crippen LogP contribution in [0, 0.1) is 18.7 Å². The summed E-state index contributed by atoms with van der Waals surface area (Å²) >= 11 is 3.16. The molecule has 0 spiro atoms. The number of rotatable bonds is 4. The molecule has 136 valence electrons. The highest BCUT2D eigenvalue weighted by Crippen LogP contribution is 2.24.